The van der Waals surface area contributed by atoms with E-state index in [4.69, 9.17) is 4.99 Å². The molecule has 3 aliphatic rings. The van der Waals surface area contributed by atoms with Crippen molar-refractivity contribution in [1.29, 1.82) is 0 Å². The molecule has 2 bridgehead atoms. The Hall–Kier alpha value is -1.49. The number of rotatable bonds is 3. The van der Waals surface area contributed by atoms with Crippen LogP contribution in [0.3, 0.4) is 0 Å². The third-order valence-electron chi connectivity index (χ3n) is 5.53. The summed E-state index contributed by atoms with van der Waals surface area (Å²) in [4.78, 5) is 21.9. The van der Waals surface area contributed by atoms with Crippen LogP contribution in [0.15, 0.2) is 35.3 Å². The molecule has 0 aromatic heterocycles. The highest BCUT2D eigenvalue weighted by atomic mass is 32.2. The van der Waals surface area contributed by atoms with Crippen molar-refractivity contribution in [2.24, 2.45) is 16.8 Å². The number of hydrogen-bond acceptors (Lipinski definition) is 3. The zero-order valence-corrected chi connectivity index (χ0v) is 15.2. The zero-order chi connectivity index (χ0) is 16.7. The van der Waals surface area contributed by atoms with Gasteiger partial charge < -0.3 is 0 Å². The van der Waals surface area contributed by atoms with E-state index in [0.29, 0.717) is 11.9 Å². The first-order valence-electron chi connectivity index (χ1n) is 9.00. The molecule has 0 N–H and O–H groups in total. The first-order valence-corrected chi connectivity index (χ1v) is 9.98. The van der Waals surface area contributed by atoms with Crippen LogP contribution < -0.4 is 4.90 Å². The van der Waals surface area contributed by atoms with Crippen LogP contribution in [0.4, 0.5) is 10.5 Å². The third kappa shape index (κ3) is 2.83. The molecule has 3 unspecified atom stereocenters. The molecule has 2 saturated carbocycles. The molecule has 4 nitrogen and oxygen atoms in total. The molecule has 1 heterocycles. The molecule has 3 atom stereocenters. The molecule has 1 aromatic carbocycles. The van der Waals surface area contributed by atoms with Gasteiger partial charge in [0.2, 0.25) is 0 Å². The summed E-state index contributed by atoms with van der Waals surface area (Å²) in [5.41, 5.74) is 0.958. The molecule has 0 radical (unpaired) electrons. The lowest BCUT2D eigenvalue weighted by atomic mass is 9.96. The SMILES string of the molecule is CC(C)N1C(=O)N(c2ccccc2)CSC1=NC1CC2CCC1C2. The fourth-order valence-electron chi connectivity index (χ4n) is 4.30. The fourth-order valence-corrected chi connectivity index (χ4v) is 5.45. The Morgan fingerprint density at radius 3 is 2.58 bits per heavy atom. The molecule has 24 heavy (non-hydrogen) atoms. The van der Waals surface area contributed by atoms with Gasteiger partial charge >= 0.3 is 6.03 Å². The van der Waals surface area contributed by atoms with Crippen molar-refractivity contribution in [2.75, 3.05) is 10.8 Å². The van der Waals surface area contributed by atoms with E-state index in [0.717, 1.165) is 22.7 Å². The van der Waals surface area contributed by atoms with E-state index in [9.17, 15) is 4.79 Å². The van der Waals surface area contributed by atoms with Crippen LogP contribution >= 0.6 is 11.8 Å². The Labute approximate surface area is 148 Å². The minimum atomic E-state index is 0.0526. The lowest BCUT2D eigenvalue weighted by Gasteiger charge is -2.38. The number of benzene rings is 1. The maximum absolute atomic E-state index is 13.1. The van der Waals surface area contributed by atoms with Gasteiger partial charge in [-0.25, -0.2) is 4.79 Å². The predicted octanol–water partition coefficient (Wildman–Crippen LogP) is 4.57. The largest absolute Gasteiger partial charge is 0.331 e. The quantitative estimate of drug-likeness (QED) is 0.806. The van der Waals surface area contributed by atoms with Crippen LogP contribution in [-0.4, -0.2) is 34.1 Å². The number of nitrogens with zero attached hydrogens (tertiary/aromatic N) is 3. The highest BCUT2D eigenvalue weighted by Crippen LogP contribution is 2.46. The summed E-state index contributed by atoms with van der Waals surface area (Å²) < 4.78 is 0. The lowest BCUT2D eigenvalue weighted by Crippen LogP contribution is -2.53. The van der Waals surface area contributed by atoms with Gasteiger partial charge in [-0.05, 0) is 57.1 Å². The summed E-state index contributed by atoms with van der Waals surface area (Å²) in [6, 6.07) is 10.5. The lowest BCUT2D eigenvalue weighted by molar-refractivity contribution is 0.220. The average Bonchev–Trinajstić information content (AvgIpc) is 3.18. The van der Waals surface area contributed by atoms with Crippen LogP contribution in [0.2, 0.25) is 0 Å². The Kier molecular flexibility index (Phi) is 4.29. The second kappa shape index (κ2) is 6.43. The van der Waals surface area contributed by atoms with E-state index >= 15 is 0 Å². The fraction of sp³-hybridized carbons (Fsp3) is 0.579. The van der Waals surface area contributed by atoms with Crippen LogP contribution in [0.5, 0.6) is 0 Å². The number of amidine groups is 1. The Balaban J connectivity index is 1.58. The molecular formula is C19H25N3OS. The van der Waals surface area contributed by atoms with Gasteiger partial charge in [0.1, 0.15) is 0 Å². The topological polar surface area (TPSA) is 35.9 Å². The van der Waals surface area contributed by atoms with E-state index in [1.54, 1.807) is 11.8 Å². The van der Waals surface area contributed by atoms with Crippen LogP contribution in [-0.2, 0) is 0 Å². The second-order valence-electron chi connectivity index (χ2n) is 7.44. The molecule has 5 heteroatoms. The third-order valence-corrected chi connectivity index (χ3v) is 6.47. The van der Waals surface area contributed by atoms with Gasteiger partial charge in [0.15, 0.2) is 5.17 Å². The molecule has 128 valence electrons. The first-order chi connectivity index (χ1) is 11.6. The van der Waals surface area contributed by atoms with Gasteiger partial charge in [-0.15, -0.1) is 0 Å². The van der Waals surface area contributed by atoms with Crippen LogP contribution in [0.1, 0.15) is 39.5 Å². The number of thioether (sulfide) groups is 1. The summed E-state index contributed by atoms with van der Waals surface area (Å²) in [7, 11) is 0. The molecule has 2 amide bonds. The Morgan fingerprint density at radius 1 is 1.17 bits per heavy atom. The van der Waals surface area contributed by atoms with E-state index < -0.39 is 0 Å². The minimum absolute atomic E-state index is 0.0526. The molecule has 0 spiro atoms. The number of hydrogen-bond donors (Lipinski definition) is 0. The number of fused-ring (bicyclic) bond motifs is 2. The van der Waals surface area contributed by atoms with Crippen LogP contribution in [0, 0.1) is 11.8 Å². The maximum Gasteiger partial charge on any atom is 0.331 e. The van der Waals surface area contributed by atoms with E-state index in [-0.39, 0.29) is 12.1 Å². The standard InChI is InChI=1S/C19H25N3OS/c1-13(2)22-18(20-17-11-14-8-9-15(17)10-14)24-12-21(19(22)23)16-6-4-3-5-7-16/h3-7,13-15,17H,8-12H2,1-2H3. The number of carbonyl (C=O) groups is 1. The van der Waals surface area contributed by atoms with Gasteiger partial charge in [0, 0.05) is 11.7 Å². The van der Waals surface area contributed by atoms with Crippen molar-refractivity contribution in [3.05, 3.63) is 30.3 Å². The summed E-state index contributed by atoms with van der Waals surface area (Å²) >= 11 is 1.70. The normalized spacial score (nSPS) is 31.5. The number of aliphatic imine (C=N–C) groups is 1. The Bertz CT molecular complexity index is 645. The summed E-state index contributed by atoms with van der Waals surface area (Å²) in [6.07, 6.45) is 5.27. The Morgan fingerprint density at radius 2 is 1.96 bits per heavy atom. The van der Waals surface area contributed by atoms with E-state index in [2.05, 4.69) is 13.8 Å². The van der Waals surface area contributed by atoms with E-state index in [1.807, 2.05) is 40.1 Å². The molecule has 1 aromatic rings. The van der Waals surface area contributed by atoms with Gasteiger partial charge in [0.25, 0.3) is 0 Å². The summed E-state index contributed by atoms with van der Waals surface area (Å²) in [6.45, 7) is 4.15. The zero-order valence-electron chi connectivity index (χ0n) is 14.4. The monoisotopic (exact) mass is 343 g/mol. The number of carbonyl (C=O) groups excluding carboxylic acids is 1. The average molecular weight is 343 g/mol. The number of para-hydroxylation sites is 1. The highest BCUT2D eigenvalue weighted by molar-refractivity contribution is 8.14. The number of urea groups is 1. The van der Waals surface area contributed by atoms with Gasteiger partial charge in [-0.3, -0.25) is 14.8 Å². The van der Waals surface area contributed by atoms with Crippen molar-refractivity contribution < 1.29 is 4.79 Å². The van der Waals surface area contributed by atoms with Gasteiger partial charge in [-0.1, -0.05) is 36.4 Å². The maximum atomic E-state index is 13.1. The van der Waals surface area contributed by atoms with Crippen molar-refractivity contribution in [3.63, 3.8) is 0 Å². The van der Waals surface area contributed by atoms with Gasteiger partial charge in [-0.2, -0.15) is 0 Å². The molecule has 4 rings (SSSR count). The van der Waals surface area contributed by atoms with Gasteiger partial charge in [0.05, 0.1) is 11.9 Å². The van der Waals surface area contributed by atoms with Crippen molar-refractivity contribution >= 4 is 28.6 Å². The second-order valence-corrected chi connectivity index (χ2v) is 8.35. The van der Waals surface area contributed by atoms with E-state index in [1.165, 1.54) is 25.7 Å². The van der Waals surface area contributed by atoms with Crippen LogP contribution in [0.25, 0.3) is 0 Å². The molecule has 2 aliphatic carbocycles. The molecule has 3 fully saturated rings. The molecular weight excluding hydrogens is 318 g/mol. The van der Waals surface area contributed by atoms with Crippen molar-refractivity contribution in [2.45, 2.75) is 51.6 Å². The summed E-state index contributed by atoms with van der Waals surface area (Å²) in [5, 5.41) is 0.930. The summed E-state index contributed by atoms with van der Waals surface area (Å²) in [5.74, 6) is 2.27. The molecule has 1 saturated heterocycles. The van der Waals surface area contributed by atoms with Crippen molar-refractivity contribution in [3.8, 4) is 0 Å². The number of amides is 2. The first kappa shape index (κ1) is 16.0. The van der Waals surface area contributed by atoms with Crippen molar-refractivity contribution in [1.82, 2.24) is 4.90 Å². The minimum Gasteiger partial charge on any atom is -0.284 e. The highest BCUT2D eigenvalue weighted by Gasteiger charge is 2.41. The molecule has 1 aliphatic heterocycles. The predicted molar refractivity (Wildman–Crippen MR) is 100 cm³/mol. The number of anilines is 1. The smallest absolute Gasteiger partial charge is 0.284 e.